The molecule has 0 unspecified atom stereocenters. The summed E-state index contributed by atoms with van der Waals surface area (Å²) in [6, 6.07) is 11.8. The number of aliphatic hydroxyl groups excluding tert-OH is 1. The van der Waals surface area contributed by atoms with Crippen LogP contribution < -0.4 is 10.6 Å². The molecule has 3 N–H and O–H groups in total. The molecule has 2 aromatic carbocycles. The van der Waals surface area contributed by atoms with Gasteiger partial charge in [0.1, 0.15) is 0 Å². The Kier molecular flexibility index (Phi) is 6.62. The van der Waals surface area contributed by atoms with Crippen LogP contribution in [0.5, 0.6) is 0 Å². The summed E-state index contributed by atoms with van der Waals surface area (Å²) in [6.07, 6.45) is 4.10. The maximum absolute atomic E-state index is 12.5. The standard InChI is InChI=1S/C24H28N2O5S/c27-12-11-25-24(29)21-10-7-19(14-22(21)18-5-6-18)26-23(28)13-16-3-8-20(9-4-16)32(30,31)15-17-1-2-17/h3-4,7-10,14,17-18,27H,1-2,5-6,11-13,15H2,(H,25,29)(H,26,28). The Hall–Kier alpha value is -2.71. The Bertz CT molecular complexity index is 1100. The van der Waals surface area contributed by atoms with Crippen molar-refractivity contribution < 1.29 is 23.1 Å². The molecule has 0 spiro atoms. The van der Waals surface area contributed by atoms with Crippen LogP contribution in [-0.2, 0) is 21.1 Å². The van der Waals surface area contributed by atoms with Crippen molar-refractivity contribution in [1.82, 2.24) is 5.32 Å². The third-order valence-electron chi connectivity index (χ3n) is 5.79. The molecule has 2 amide bonds. The fourth-order valence-electron chi connectivity index (χ4n) is 3.74. The Morgan fingerprint density at radius 2 is 1.72 bits per heavy atom. The minimum Gasteiger partial charge on any atom is -0.395 e. The van der Waals surface area contributed by atoms with Crippen LogP contribution in [0.3, 0.4) is 0 Å². The summed E-state index contributed by atoms with van der Waals surface area (Å²) in [7, 11) is -3.26. The number of carbonyl (C=O) groups excluding carboxylic acids is 2. The van der Waals surface area contributed by atoms with E-state index in [2.05, 4.69) is 10.6 Å². The number of nitrogens with one attached hydrogen (secondary N) is 2. The van der Waals surface area contributed by atoms with E-state index in [1.54, 1.807) is 36.4 Å². The molecule has 0 bridgehead atoms. The van der Waals surface area contributed by atoms with E-state index in [0.29, 0.717) is 22.1 Å². The van der Waals surface area contributed by atoms with Crippen molar-refractivity contribution in [2.45, 2.75) is 42.9 Å². The van der Waals surface area contributed by atoms with E-state index >= 15 is 0 Å². The smallest absolute Gasteiger partial charge is 0.251 e. The molecule has 7 nitrogen and oxygen atoms in total. The predicted molar refractivity (Wildman–Crippen MR) is 121 cm³/mol. The van der Waals surface area contributed by atoms with Crippen molar-refractivity contribution in [2.24, 2.45) is 5.92 Å². The Balaban J connectivity index is 1.39. The number of amides is 2. The summed E-state index contributed by atoms with van der Waals surface area (Å²) in [5, 5.41) is 14.5. The molecule has 4 rings (SSSR count). The van der Waals surface area contributed by atoms with Crippen molar-refractivity contribution >= 4 is 27.3 Å². The minimum absolute atomic E-state index is 0.119. The molecule has 0 aliphatic heterocycles. The summed E-state index contributed by atoms with van der Waals surface area (Å²) >= 11 is 0. The molecular weight excluding hydrogens is 428 g/mol. The normalized spacial score (nSPS) is 15.9. The van der Waals surface area contributed by atoms with Crippen LogP contribution in [0, 0.1) is 5.92 Å². The van der Waals surface area contributed by atoms with Gasteiger partial charge in [0, 0.05) is 17.8 Å². The van der Waals surface area contributed by atoms with Gasteiger partial charge in [-0.15, -0.1) is 0 Å². The van der Waals surface area contributed by atoms with Crippen molar-refractivity contribution in [1.29, 1.82) is 0 Å². The monoisotopic (exact) mass is 456 g/mol. The molecule has 0 radical (unpaired) electrons. The lowest BCUT2D eigenvalue weighted by Crippen LogP contribution is -2.27. The van der Waals surface area contributed by atoms with E-state index in [9.17, 15) is 18.0 Å². The molecule has 2 aliphatic carbocycles. The first-order valence-electron chi connectivity index (χ1n) is 11.0. The van der Waals surface area contributed by atoms with Gasteiger partial charge in [-0.1, -0.05) is 12.1 Å². The molecular formula is C24H28N2O5S. The molecule has 32 heavy (non-hydrogen) atoms. The summed E-state index contributed by atoms with van der Waals surface area (Å²) < 4.78 is 24.7. The molecule has 2 aromatic rings. The first kappa shape index (κ1) is 22.5. The van der Waals surface area contributed by atoms with Gasteiger partial charge in [-0.25, -0.2) is 8.42 Å². The second-order valence-electron chi connectivity index (χ2n) is 8.65. The first-order chi connectivity index (χ1) is 15.4. The quantitative estimate of drug-likeness (QED) is 0.509. The van der Waals surface area contributed by atoms with E-state index in [-0.39, 0.29) is 43.1 Å². The molecule has 2 fully saturated rings. The van der Waals surface area contributed by atoms with E-state index in [1.165, 1.54) is 0 Å². The van der Waals surface area contributed by atoms with Crippen molar-refractivity contribution in [3.63, 3.8) is 0 Å². The zero-order chi connectivity index (χ0) is 22.7. The molecule has 0 saturated heterocycles. The van der Waals surface area contributed by atoms with Crippen LogP contribution >= 0.6 is 0 Å². The largest absolute Gasteiger partial charge is 0.395 e. The molecule has 2 aliphatic rings. The Labute approximate surface area is 188 Å². The first-order valence-corrected chi connectivity index (χ1v) is 12.7. The van der Waals surface area contributed by atoms with Gasteiger partial charge >= 0.3 is 0 Å². The molecule has 2 saturated carbocycles. The summed E-state index contributed by atoms with van der Waals surface area (Å²) in [5.41, 5.74) is 2.83. The number of aliphatic hydroxyl groups is 1. The van der Waals surface area contributed by atoms with E-state index < -0.39 is 9.84 Å². The maximum atomic E-state index is 12.5. The zero-order valence-electron chi connectivity index (χ0n) is 17.8. The molecule has 0 heterocycles. The number of hydrogen-bond donors (Lipinski definition) is 3. The zero-order valence-corrected chi connectivity index (χ0v) is 18.7. The van der Waals surface area contributed by atoms with E-state index in [1.807, 2.05) is 6.07 Å². The minimum atomic E-state index is -3.26. The lowest BCUT2D eigenvalue weighted by molar-refractivity contribution is -0.115. The van der Waals surface area contributed by atoms with Gasteiger partial charge in [0.05, 0.1) is 23.7 Å². The van der Waals surface area contributed by atoms with Gasteiger partial charge in [-0.05, 0) is 79.0 Å². The average Bonchev–Trinajstić information content (AvgIpc) is 3.67. The predicted octanol–water partition coefficient (Wildman–Crippen LogP) is 2.65. The third-order valence-corrected chi connectivity index (χ3v) is 7.69. The van der Waals surface area contributed by atoms with Crippen LogP contribution in [0.2, 0.25) is 0 Å². The topological polar surface area (TPSA) is 113 Å². The molecule has 170 valence electrons. The number of hydrogen-bond acceptors (Lipinski definition) is 5. The summed E-state index contributed by atoms with van der Waals surface area (Å²) in [4.78, 5) is 25.2. The summed E-state index contributed by atoms with van der Waals surface area (Å²) in [5.74, 6) is 0.364. The van der Waals surface area contributed by atoms with Crippen LogP contribution in [0.4, 0.5) is 5.69 Å². The molecule has 0 atom stereocenters. The highest BCUT2D eigenvalue weighted by atomic mass is 32.2. The number of sulfone groups is 1. The van der Waals surface area contributed by atoms with Gasteiger partial charge in [-0.3, -0.25) is 9.59 Å². The van der Waals surface area contributed by atoms with Crippen molar-refractivity contribution in [3.05, 3.63) is 59.2 Å². The fourth-order valence-corrected chi connectivity index (χ4v) is 5.44. The Morgan fingerprint density at radius 1 is 1.00 bits per heavy atom. The number of anilines is 1. The van der Waals surface area contributed by atoms with E-state index in [4.69, 9.17) is 5.11 Å². The van der Waals surface area contributed by atoms with Gasteiger partial charge < -0.3 is 15.7 Å². The number of rotatable bonds is 10. The average molecular weight is 457 g/mol. The highest BCUT2D eigenvalue weighted by Crippen LogP contribution is 2.42. The highest BCUT2D eigenvalue weighted by Gasteiger charge is 2.29. The lowest BCUT2D eigenvalue weighted by Gasteiger charge is -2.12. The van der Waals surface area contributed by atoms with Gasteiger partial charge in [0.2, 0.25) is 5.91 Å². The fraction of sp³-hybridized carbons (Fsp3) is 0.417. The van der Waals surface area contributed by atoms with Crippen molar-refractivity contribution in [3.8, 4) is 0 Å². The summed E-state index contributed by atoms with van der Waals surface area (Å²) in [6.45, 7) is 0.0775. The maximum Gasteiger partial charge on any atom is 0.251 e. The van der Waals surface area contributed by atoms with Crippen LogP contribution in [0.25, 0.3) is 0 Å². The number of benzene rings is 2. The van der Waals surface area contributed by atoms with Crippen LogP contribution in [0.1, 0.15) is 53.1 Å². The second kappa shape index (κ2) is 9.42. The molecule has 0 aromatic heterocycles. The Morgan fingerprint density at radius 3 is 2.34 bits per heavy atom. The van der Waals surface area contributed by atoms with Crippen LogP contribution in [-0.4, -0.2) is 44.2 Å². The van der Waals surface area contributed by atoms with E-state index in [0.717, 1.165) is 36.8 Å². The number of carbonyl (C=O) groups is 2. The molecule has 8 heteroatoms. The highest BCUT2D eigenvalue weighted by molar-refractivity contribution is 7.91. The van der Waals surface area contributed by atoms with Gasteiger partial charge in [0.15, 0.2) is 9.84 Å². The van der Waals surface area contributed by atoms with Crippen LogP contribution in [0.15, 0.2) is 47.4 Å². The second-order valence-corrected chi connectivity index (χ2v) is 10.7. The third kappa shape index (κ3) is 5.75. The van der Waals surface area contributed by atoms with Crippen molar-refractivity contribution in [2.75, 3.05) is 24.2 Å². The van der Waals surface area contributed by atoms with Gasteiger partial charge in [0.25, 0.3) is 5.91 Å². The lowest BCUT2D eigenvalue weighted by atomic mass is 10.0. The van der Waals surface area contributed by atoms with Gasteiger partial charge in [-0.2, -0.15) is 0 Å². The SMILES string of the molecule is O=C(Cc1ccc(S(=O)(=O)CC2CC2)cc1)Nc1ccc(C(=O)NCCO)c(C2CC2)c1.